The number of hydrogen-bond acceptors (Lipinski definition) is 3. The fraction of sp³-hybridized carbons (Fsp3) is 0.536. The van der Waals surface area contributed by atoms with Gasteiger partial charge in [-0.05, 0) is 66.5 Å². The Hall–Kier alpha value is -3.13. The number of H-pyrrole nitrogens is 1. The van der Waals surface area contributed by atoms with Gasteiger partial charge in [-0.3, -0.25) is 19.5 Å². The summed E-state index contributed by atoms with van der Waals surface area (Å²) in [5, 5.41) is 15.0. The number of rotatable bonds is 6. The third-order valence-electron chi connectivity index (χ3n) is 7.69. The molecule has 0 radical (unpaired) electrons. The van der Waals surface area contributed by atoms with Crippen molar-refractivity contribution in [3.63, 3.8) is 0 Å². The van der Waals surface area contributed by atoms with E-state index >= 15 is 0 Å². The van der Waals surface area contributed by atoms with E-state index in [0.717, 1.165) is 38.8 Å². The molecule has 1 aromatic rings. The summed E-state index contributed by atoms with van der Waals surface area (Å²) in [6.07, 6.45) is 9.81. The minimum Gasteiger partial charge on any atom is -0.592 e. The SMILES string of the molecule is CC[NH+](CC)C1C=C/C(=C2\C(=O)C(c3c(C)[nH]n(C(C)(C)C)c3=O)=C2[OH2+])C(NC(=O)C2CCCC2)=C1. The highest BCUT2D eigenvalue weighted by molar-refractivity contribution is 6.39. The Labute approximate surface area is 212 Å². The molecule has 4 rings (SSSR count). The minimum atomic E-state index is -0.481. The van der Waals surface area contributed by atoms with Crippen molar-refractivity contribution in [3.8, 4) is 0 Å². The van der Waals surface area contributed by atoms with E-state index in [2.05, 4.69) is 24.3 Å². The van der Waals surface area contributed by atoms with Crippen LogP contribution in [-0.4, -0.2) is 45.7 Å². The van der Waals surface area contributed by atoms with Crippen LogP contribution in [0.3, 0.4) is 0 Å². The quantitative estimate of drug-likeness (QED) is 0.411. The van der Waals surface area contributed by atoms with Crippen LogP contribution in [0.15, 0.2) is 45.6 Å². The van der Waals surface area contributed by atoms with Gasteiger partial charge in [0.25, 0.3) is 11.3 Å². The molecule has 1 unspecified atom stereocenters. The number of allylic oxidation sites excluding steroid dienone is 3. The summed E-state index contributed by atoms with van der Waals surface area (Å²) < 4.78 is 1.50. The number of carbonyl (C=O) groups is 2. The third-order valence-corrected chi connectivity index (χ3v) is 7.69. The molecule has 1 fully saturated rings. The van der Waals surface area contributed by atoms with Gasteiger partial charge in [-0.1, -0.05) is 12.8 Å². The zero-order valence-corrected chi connectivity index (χ0v) is 22.3. The number of aromatic amines is 1. The number of quaternary nitrogens is 1. The lowest BCUT2D eigenvalue weighted by Gasteiger charge is -2.28. The Morgan fingerprint density at radius 2 is 1.81 bits per heavy atom. The molecule has 1 heterocycles. The predicted molar refractivity (Wildman–Crippen MR) is 141 cm³/mol. The van der Waals surface area contributed by atoms with Crippen LogP contribution in [0.4, 0.5) is 0 Å². The fourth-order valence-electron chi connectivity index (χ4n) is 5.56. The van der Waals surface area contributed by atoms with E-state index in [1.165, 1.54) is 9.58 Å². The molecular weight excluding hydrogens is 456 g/mol. The summed E-state index contributed by atoms with van der Waals surface area (Å²) in [5.74, 6) is -0.305. The van der Waals surface area contributed by atoms with Crippen LogP contribution in [-0.2, 0) is 15.1 Å². The number of hydrogen-bond donors (Lipinski definition) is 3. The van der Waals surface area contributed by atoms with E-state index in [4.69, 9.17) is 5.11 Å². The zero-order chi connectivity index (χ0) is 26.4. The molecule has 0 saturated heterocycles. The molecule has 3 aliphatic rings. The van der Waals surface area contributed by atoms with Gasteiger partial charge < -0.3 is 15.3 Å². The Morgan fingerprint density at radius 3 is 2.33 bits per heavy atom. The molecule has 0 aromatic carbocycles. The molecule has 0 bridgehead atoms. The molecule has 194 valence electrons. The van der Waals surface area contributed by atoms with Gasteiger partial charge in [0.15, 0.2) is 0 Å². The van der Waals surface area contributed by atoms with Gasteiger partial charge >= 0.3 is 0 Å². The molecule has 8 heteroatoms. The van der Waals surface area contributed by atoms with Crippen LogP contribution in [0.25, 0.3) is 5.57 Å². The van der Waals surface area contributed by atoms with Gasteiger partial charge in [-0.2, -0.15) is 0 Å². The zero-order valence-electron chi connectivity index (χ0n) is 22.3. The smallest absolute Gasteiger partial charge is 0.278 e. The first kappa shape index (κ1) is 25.9. The molecule has 1 atom stereocenters. The standard InChI is InChI=1S/C28H38N4O4/c1-7-31(8-2)18-13-14-19(20(15-18)29-26(35)17-11-9-10-12-17)22-24(33)23(25(22)34)21-16(3)30-32(27(21)36)28(4,5)6/h13-15,17-18,30,33H,7-12H2,1-6H3,(H,29,35)/p+2/b22-19+. The van der Waals surface area contributed by atoms with Crippen LogP contribution in [0.5, 0.6) is 0 Å². The first-order chi connectivity index (χ1) is 17.0. The van der Waals surface area contributed by atoms with Crippen molar-refractivity contribution >= 4 is 17.3 Å². The number of nitrogens with one attached hydrogen (secondary N) is 3. The topological polar surface area (TPSA) is 111 Å². The first-order valence-corrected chi connectivity index (χ1v) is 13.1. The molecule has 0 aliphatic heterocycles. The van der Waals surface area contributed by atoms with Crippen LogP contribution >= 0.6 is 0 Å². The Morgan fingerprint density at radius 1 is 1.17 bits per heavy atom. The van der Waals surface area contributed by atoms with E-state index < -0.39 is 5.54 Å². The highest BCUT2D eigenvalue weighted by Gasteiger charge is 2.45. The van der Waals surface area contributed by atoms with Crippen molar-refractivity contribution in [1.82, 2.24) is 15.1 Å². The Kier molecular flexibility index (Phi) is 7.01. The molecule has 1 amide bonds. The number of carbonyl (C=O) groups excluding carboxylic acids is 2. The summed E-state index contributed by atoms with van der Waals surface area (Å²) in [5.41, 5.74) is 1.62. The molecule has 5 N–H and O–H groups in total. The number of Topliss-reactive ketones (excluding diaryl/α,β-unsaturated/α-hetero) is 1. The molecule has 3 aliphatic carbocycles. The maximum Gasteiger partial charge on any atom is 0.278 e. The van der Waals surface area contributed by atoms with Gasteiger partial charge in [0.1, 0.15) is 17.2 Å². The Balaban J connectivity index is 1.77. The molecule has 1 saturated carbocycles. The first-order valence-electron chi connectivity index (χ1n) is 13.1. The van der Waals surface area contributed by atoms with E-state index in [-0.39, 0.29) is 51.7 Å². The van der Waals surface area contributed by atoms with Gasteiger partial charge in [-0.25, -0.2) is 4.68 Å². The van der Waals surface area contributed by atoms with Crippen molar-refractivity contribution in [2.75, 3.05) is 13.1 Å². The average molecular weight is 497 g/mol. The third kappa shape index (κ3) is 4.43. The number of amides is 1. The monoisotopic (exact) mass is 496 g/mol. The molecule has 1 aromatic heterocycles. The van der Waals surface area contributed by atoms with E-state index in [1.807, 2.05) is 39.0 Å². The summed E-state index contributed by atoms with van der Waals surface area (Å²) in [4.78, 5) is 41.0. The lowest BCUT2D eigenvalue weighted by atomic mass is 9.79. The highest BCUT2D eigenvalue weighted by Crippen LogP contribution is 2.40. The number of aromatic nitrogens is 2. The number of nitrogens with zero attached hydrogens (tertiary/aromatic N) is 1. The summed E-state index contributed by atoms with van der Waals surface area (Å²) >= 11 is 0. The normalized spacial score (nSPS) is 22.9. The Bertz CT molecular complexity index is 1260. The summed E-state index contributed by atoms with van der Waals surface area (Å²) in [7, 11) is 0. The largest absolute Gasteiger partial charge is 0.592 e. The fourth-order valence-corrected chi connectivity index (χ4v) is 5.56. The van der Waals surface area contributed by atoms with Gasteiger partial charge in [0, 0.05) is 23.3 Å². The van der Waals surface area contributed by atoms with Crippen LogP contribution in [0.2, 0.25) is 0 Å². The second-order valence-electron chi connectivity index (χ2n) is 11.1. The van der Waals surface area contributed by atoms with Gasteiger partial charge in [0.05, 0.1) is 29.9 Å². The van der Waals surface area contributed by atoms with Crippen molar-refractivity contribution in [3.05, 3.63) is 62.4 Å². The number of aryl methyl sites for hydroxylation is 1. The van der Waals surface area contributed by atoms with Crippen molar-refractivity contribution in [2.24, 2.45) is 5.92 Å². The van der Waals surface area contributed by atoms with Crippen molar-refractivity contribution in [2.45, 2.75) is 78.8 Å². The van der Waals surface area contributed by atoms with E-state index in [0.29, 0.717) is 17.0 Å². The van der Waals surface area contributed by atoms with Crippen LogP contribution < -0.4 is 15.8 Å². The van der Waals surface area contributed by atoms with Crippen LogP contribution in [0, 0.1) is 12.8 Å². The van der Waals surface area contributed by atoms with E-state index in [1.54, 1.807) is 6.92 Å². The average Bonchev–Trinajstić information content (AvgIpc) is 3.46. The lowest BCUT2D eigenvalue weighted by Crippen LogP contribution is -3.14. The highest BCUT2D eigenvalue weighted by atomic mass is 16.3. The molecule has 8 nitrogen and oxygen atoms in total. The van der Waals surface area contributed by atoms with Crippen molar-refractivity contribution < 1.29 is 19.6 Å². The van der Waals surface area contributed by atoms with E-state index in [9.17, 15) is 14.4 Å². The maximum absolute atomic E-state index is 13.5. The van der Waals surface area contributed by atoms with Crippen molar-refractivity contribution in [1.29, 1.82) is 0 Å². The van der Waals surface area contributed by atoms with Crippen LogP contribution in [0.1, 0.15) is 71.6 Å². The van der Waals surface area contributed by atoms with Gasteiger partial charge in [-0.15, -0.1) is 0 Å². The minimum absolute atomic E-state index is 0.0145. The number of ketones is 1. The summed E-state index contributed by atoms with van der Waals surface area (Å²) in [6, 6.07) is 0.0712. The summed E-state index contributed by atoms with van der Waals surface area (Å²) in [6.45, 7) is 13.6. The molecule has 36 heavy (non-hydrogen) atoms. The molecular formula is C28H40N4O4+2. The maximum atomic E-state index is 13.5. The second kappa shape index (κ2) is 9.73. The number of likely N-dealkylation sites (N-methyl/N-ethyl adjacent to an activating group) is 1. The molecule has 0 spiro atoms. The predicted octanol–water partition coefficient (Wildman–Crippen LogP) is 1.61. The lowest BCUT2D eigenvalue weighted by molar-refractivity contribution is -0.908. The van der Waals surface area contributed by atoms with Gasteiger partial charge in [0.2, 0.25) is 11.7 Å². The second-order valence-corrected chi connectivity index (χ2v) is 11.1.